The van der Waals surface area contributed by atoms with Gasteiger partial charge in [0.05, 0.1) is 11.6 Å². The molecular formula is C28H32FN3O4. The van der Waals surface area contributed by atoms with E-state index in [1.807, 2.05) is 45.0 Å². The summed E-state index contributed by atoms with van der Waals surface area (Å²) in [7, 11) is 1.72. The minimum absolute atomic E-state index is 0.0664. The maximum atomic E-state index is 14.1. The first-order valence-electron chi connectivity index (χ1n) is 11.9. The van der Waals surface area contributed by atoms with Crippen molar-refractivity contribution in [3.8, 4) is 11.1 Å². The largest absolute Gasteiger partial charge is 0.438 e. The lowest BCUT2D eigenvalue weighted by Gasteiger charge is -2.46. The zero-order chi connectivity index (χ0) is 26.1. The first-order valence-corrected chi connectivity index (χ1v) is 11.9. The van der Waals surface area contributed by atoms with Crippen LogP contribution in [-0.4, -0.2) is 27.7 Å². The van der Waals surface area contributed by atoms with Crippen molar-refractivity contribution < 1.29 is 18.8 Å². The molecule has 2 heterocycles. The topological polar surface area (TPSA) is 86.8 Å². The SMILES string of the molecule is C[C@@H](c1ccc(-c2ccc(=O)n(C)c2)cc1)N1CC[C@](CC(C)(C)ON)(c2cccc(F)c2)OC1=O. The second kappa shape index (κ2) is 9.87. The van der Waals surface area contributed by atoms with Gasteiger partial charge in [-0.05, 0) is 61.2 Å². The number of aromatic nitrogens is 1. The van der Waals surface area contributed by atoms with E-state index in [9.17, 15) is 14.0 Å². The van der Waals surface area contributed by atoms with E-state index >= 15 is 0 Å². The molecule has 1 aromatic heterocycles. The molecule has 0 unspecified atom stereocenters. The first-order chi connectivity index (χ1) is 17.0. The molecule has 8 heteroatoms. The molecule has 0 radical (unpaired) electrons. The van der Waals surface area contributed by atoms with E-state index in [0.29, 0.717) is 18.5 Å². The molecule has 0 spiro atoms. The van der Waals surface area contributed by atoms with E-state index in [1.165, 1.54) is 22.8 Å². The Bertz CT molecular complexity index is 1300. The van der Waals surface area contributed by atoms with Crippen LogP contribution in [0.25, 0.3) is 11.1 Å². The van der Waals surface area contributed by atoms with Gasteiger partial charge in [-0.25, -0.2) is 15.1 Å². The van der Waals surface area contributed by atoms with Crippen LogP contribution in [0.1, 0.15) is 50.8 Å². The molecule has 1 aliphatic rings. The van der Waals surface area contributed by atoms with Crippen LogP contribution in [0.4, 0.5) is 9.18 Å². The Labute approximate surface area is 210 Å². The molecule has 7 nitrogen and oxygen atoms in total. The number of hydrogen-bond acceptors (Lipinski definition) is 5. The van der Waals surface area contributed by atoms with Crippen molar-refractivity contribution in [2.75, 3.05) is 6.54 Å². The van der Waals surface area contributed by atoms with Gasteiger partial charge in [-0.15, -0.1) is 0 Å². The van der Waals surface area contributed by atoms with E-state index < -0.39 is 23.1 Å². The summed E-state index contributed by atoms with van der Waals surface area (Å²) in [6, 6.07) is 17.1. The molecule has 2 aromatic carbocycles. The Kier molecular flexibility index (Phi) is 7.02. The number of benzene rings is 2. The van der Waals surface area contributed by atoms with Crippen LogP contribution in [0.2, 0.25) is 0 Å². The number of nitrogens with two attached hydrogens (primary N) is 1. The molecule has 1 saturated heterocycles. The molecule has 1 aliphatic heterocycles. The molecule has 36 heavy (non-hydrogen) atoms. The highest BCUT2D eigenvalue weighted by Crippen LogP contribution is 2.43. The van der Waals surface area contributed by atoms with E-state index in [-0.39, 0.29) is 18.0 Å². The summed E-state index contributed by atoms with van der Waals surface area (Å²) in [6.45, 7) is 5.98. The predicted molar refractivity (Wildman–Crippen MR) is 135 cm³/mol. The minimum atomic E-state index is -1.06. The zero-order valence-corrected chi connectivity index (χ0v) is 21.0. The Hall–Kier alpha value is -3.49. The fourth-order valence-electron chi connectivity index (χ4n) is 4.85. The van der Waals surface area contributed by atoms with Crippen molar-refractivity contribution in [1.82, 2.24) is 9.47 Å². The molecule has 190 valence electrons. The highest BCUT2D eigenvalue weighted by molar-refractivity contribution is 5.70. The highest BCUT2D eigenvalue weighted by Gasteiger charge is 2.47. The number of halogens is 1. The van der Waals surface area contributed by atoms with Crippen molar-refractivity contribution in [1.29, 1.82) is 0 Å². The predicted octanol–water partition coefficient (Wildman–Crippen LogP) is 5.05. The van der Waals surface area contributed by atoms with Gasteiger partial charge in [-0.1, -0.05) is 36.4 Å². The number of carbonyl (C=O) groups is 1. The Morgan fingerprint density at radius 1 is 1.11 bits per heavy atom. The maximum absolute atomic E-state index is 14.1. The molecule has 0 bridgehead atoms. The van der Waals surface area contributed by atoms with Crippen molar-refractivity contribution in [2.45, 2.75) is 50.9 Å². The van der Waals surface area contributed by atoms with Crippen LogP contribution in [0.15, 0.2) is 71.7 Å². The van der Waals surface area contributed by atoms with Gasteiger partial charge in [0.1, 0.15) is 11.4 Å². The molecular weight excluding hydrogens is 461 g/mol. The van der Waals surface area contributed by atoms with Gasteiger partial charge in [-0.3, -0.25) is 9.63 Å². The summed E-state index contributed by atoms with van der Waals surface area (Å²) in [5.41, 5.74) is 1.50. The third-order valence-corrected chi connectivity index (χ3v) is 6.93. The second-order valence-electron chi connectivity index (χ2n) is 10.0. The Morgan fingerprint density at radius 2 is 1.81 bits per heavy atom. The molecule has 1 fully saturated rings. The monoisotopic (exact) mass is 493 g/mol. The average molecular weight is 494 g/mol. The third kappa shape index (κ3) is 5.20. The molecule has 3 aromatic rings. The lowest BCUT2D eigenvalue weighted by Crippen LogP contribution is -2.51. The number of pyridine rings is 1. The van der Waals surface area contributed by atoms with Crippen molar-refractivity contribution in [3.63, 3.8) is 0 Å². The summed E-state index contributed by atoms with van der Waals surface area (Å²) in [6.07, 6.45) is 2.05. The molecule has 4 rings (SSSR count). The van der Waals surface area contributed by atoms with Crippen LogP contribution >= 0.6 is 0 Å². The van der Waals surface area contributed by atoms with Gasteiger partial charge in [0.15, 0.2) is 0 Å². The van der Waals surface area contributed by atoms with Crippen molar-refractivity contribution in [3.05, 3.63) is 94.2 Å². The molecule has 0 aliphatic carbocycles. The van der Waals surface area contributed by atoms with Gasteiger partial charge >= 0.3 is 6.09 Å². The summed E-state index contributed by atoms with van der Waals surface area (Å²) in [5, 5.41) is 0. The van der Waals surface area contributed by atoms with Gasteiger partial charge in [0.25, 0.3) is 0 Å². The van der Waals surface area contributed by atoms with Crippen LogP contribution in [0, 0.1) is 5.82 Å². The minimum Gasteiger partial charge on any atom is -0.438 e. The Morgan fingerprint density at radius 3 is 2.42 bits per heavy atom. The quantitative estimate of drug-likeness (QED) is 0.466. The zero-order valence-electron chi connectivity index (χ0n) is 21.0. The summed E-state index contributed by atoms with van der Waals surface area (Å²) in [4.78, 5) is 31.8. The van der Waals surface area contributed by atoms with E-state index in [0.717, 1.165) is 16.7 Å². The third-order valence-electron chi connectivity index (χ3n) is 6.93. The smallest absolute Gasteiger partial charge is 0.411 e. The lowest BCUT2D eigenvalue weighted by atomic mass is 9.80. The summed E-state index contributed by atoms with van der Waals surface area (Å²) in [5.74, 6) is 5.11. The van der Waals surface area contributed by atoms with E-state index in [1.54, 1.807) is 36.3 Å². The number of aryl methyl sites for hydroxylation is 1. The number of rotatable bonds is 7. The van der Waals surface area contributed by atoms with Crippen molar-refractivity contribution in [2.24, 2.45) is 12.9 Å². The standard InChI is InChI=1S/C28H32FN3O4/c1-19(20-8-10-21(11-9-20)22-12-13-25(33)31(4)17-22)32-15-14-28(35-26(32)34,18-27(2,3)36-30)23-6-5-7-24(29)16-23/h5-13,16-17,19H,14-15,18,30H2,1-4H3/t19-,28-/m0/s1. The number of amides is 1. The summed E-state index contributed by atoms with van der Waals surface area (Å²) >= 11 is 0. The molecule has 0 saturated carbocycles. The van der Waals surface area contributed by atoms with Gasteiger partial charge < -0.3 is 14.2 Å². The van der Waals surface area contributed by atoms with E-state index in [2.05, 4.69) is 0 Å². The fourth-order valence-corrected chi connectivity index (χ4v) is 4.85. The molecule has 2 N–H and O–H groups in total. The normalized spacial score (nSPS) is 19.2. The van der Waals surface area contributed by atoms with Crippen LogP contribution in [0.3, 0.4) is 0 Å². The van der Waals surface area contributed by atoms with Crippen LogP contribution in [0.5, 0.6) is 0 Å². The van der Waals surface area contributed by atoms with Gasteiger partial charge in [-0.2, -0.15) is 0 Å². The number of carbonyl (C=O) groups excluding carboxylic acids is 1. The number of cyclic esters (lactones) is 1. The maximum Gasteiger partial charge on any atom is 0.411 e. The fraction of sp³-hybridized carbons (Fsp3) is 0.357. The van der Waals surface area contributed by atoms with Crippen LogP contribution < -0.4 is 11.5 Å². The van der Waals surface area contributed by atoms with Crippen molar-refractivity contribution >= 4 is 6.09 Å². The number of nitrogens with zero attached hydrogens (tertiary/aromatic N) is 2. The molecule has 1 amide bonds. The van der Waals surface area contributed by atoms with Crippen LogP contribution in [-0.2, 0) is 22.2 Å². The average Bonchev–Trinajstić information content (AvgIpc) is 2.85. The number of hydrogen-bond donors (Lipinski definition) is 1. The first kappa shape index (κ1) is 25.6. The number of ether oxygens (including phenoxy) is 1. The molecule has 2 atom stereocenters. The van der Waals surface area contributed by atoms with Gasteiger partial charge in [0.2, 0.25) is 5.56 Å². The lowest BCUT2D eigenvalue weighted by molar-refractivity contribution is -0.122. The summed E-state index contributed by atoms with van der Waals surface area (Å²) < 4.78 is 21.7. The van der Waals surface area contributed by atoms with Gasteiger partial charge in [0, 0.05) is 38.7 Å². The highest BCUT2D eigenvalue weighted by atomic mass is 19.1. The van der Waals surface area contributed by atoms with E-state index in [4.69, 9.17) is 15.5 Å². The Balaban J connectivity index is 1.56. The second-order valence-corrected chi connectivity index (χ2v) is 10.0.